The van der Waals surface area contributed by atoms with Crippen LogP contribution in [0.3, 0.4) is 0 Å². The molecule has 0 aliphatic carbocycles. The molecule has 0 saturated carbocycles. The molecule has 0 fully saturated rings. The molecule has 0 bridgehead atoms. The molecular formula is C14H17NO3S2. The molecule has 2 rings (SSSR count). The van der Waals surface area contributed by atoms with Crippen molar-refractivity contribution in [2.24, 2.45) is 0 Å². The van der Waals surface area contributed by atoms with Gasteiger partial charge in [0.2, 0.25) is 10.0 Å². The van der Waals surface area contributed by atoms with E-state index in [9.17, 15) is 13.5 Å². The second kappa shape index (κ2) is 6.49. The molecule has 108 valence electrons. The first-order valence-corrected chi connectivity index (χ1v) is 8.69. The topological polar surface area (TPSA) is 66.4 Å². The molecule has 1 heterocycles. The molecule has 0 radical (unpaired) electrons. The smallest absolute Gasteiger partial charge is 0.240 e. The van der Waals surface area contributed by atoms with Crippen LogP contribution in [0.4, 0.5) is 0 Å². The maximum absolute atomic E-state index is 12.2. The molecule has 0 amide bonds. The van der Waals surface area contributed by atoms with Crippen molar-refractivity contribution >= 4 is 21.4 Å². The van der Waals surface area contributed by atoms with Crippen molar-refractivity contribution in [3.05, 3.63) is 52.2 Å². The number of rotatable bonds is 6. The van der Waals surface area contributed by atoms with Gasteiger partial charge >= 0.3 is 0 Å². The minimum Gasteiger partial charge on any atom is -0.388 e. The number of benzene rings is 1. The first-order valence-electron chi connectivity index (χ1n) is 6.33. The Morgan fingerprint density at radius 3 is 2.75 bits per heavy atom. The summed E-state index contributed by atoms with van der Waals surface area (Å²) >= 11 is 1.50. The van der Waals surface area contributed by atoms with Crippen LogP contribution in [-0.4, -0.2) is 13.5 Å². The molecule has 0 saturated heterocycles. The molecule has 0 aliphatic rings. The number of hydrogen-bond donors (Lipinski definition) is 2. The number of aliphatic hydroxyl groups is 1. The van der Waals surface area contributed by atoms with Crippen molar-refractivity contribution in [1.29, 1.82) is 0 Å². The average Bonchev–Trinajstić information content (AvgIpc) is 2.98. The number of nitrogens with one attached hydrogen (secondary N) is 1. The highest BCUT2D eigenvalue weighted by molar-refractivity contribution is 7.89. The minimum atomic E-state index is -3.56. The molecule has 6 heteroatoms. The highest BCUT2D eigenvalue weighted by Gasteiger charge is 2.15. The zero-order chi connectivity index (χ0) is 14.6. The van der Waals surface area contributed by atoms with Gasteiger partial charge in [0.25, 0.3) is 0 Å². The fourth-order valence-corrected chi connectivity index (χ4v) is 3.58. The Balaban J connectivity index is 2.16. The molecule has 1 aromatic heterocycles. The maximum Gasteiger partial charge on any atom is 0.240 e. The highest BCUT2D eigenvalue weighted by Crippen LogP contribution is 2.20. The number of aliphatic hydroxyl groups excluding tert-OH is 1. The summed E-state index contributed by atoms with van der Waals surface area (Å²) in [7, 11) is -3.56. The van der Waals surface area contributed by atoms with Crippen molar-refractivity contribution in [3.63, 3.8) is 0 Å². The van der Waals surface area contributed by atoms with Gasteiger partial charge in [0.05, 0.1) is 11.0 Å². The van der Waals surface area contributed by atoms with E-state index in [1.54, 1.807) is 12.1 Å². The van der Waals surface area contributed by atoms with E-state index in [-0.39, 0.29) is 11.4 Å². The summed E-state index contributed by atoms with van der Waals surface area (Å²) in [4.78, 5) is 1.14. The Labute approximate surface area is 123 Å². The SMILES string of the molecule is CCC(O)c1cccc(S(=O)(=O)NCc2cccs2)c1. The van der Waals surface area contributed by atoms with Gasteiger partial charge in [-0.05, 0) is 35.6 Å². The zero-order valence-electron chi connectivity index (χ0n) is 11.1. The van der Waals surface area contributed by atoms with Crippen LogP contribution in [0.5, 0.6) is 0 Å². The summed E-state index contributed by atoms with van der Waals surface area (Å²) in [5.41, 5.74) is 0.617. The lowest BCUT2D eigenvalue weighted by Gasteiger charge is -2.11. The van der Waals surface area contributed by atoms with Gasteiger partial charge in [0, 0.05) is 11.4 Å². The lowest BCUT2D eigenvalue weighted by atomic mass is 10.1. The second-order valence-corrected chi connectivity index (χ2v) is 7.20. The average molecular weight is 311 g/mol. The van der Waals surface area contributed by atoms with Crippen LogP contribution in [0.1, 0.15) is 29.9 Å². The van der Waals surface area contributed by atoms with E-state index in [1.807, 2.05) is 24.4 Å². The molecule has 2 aromatic rings. The van der Waals surface area contributed by atoms with Crippen LogP contribution in [0.15, 0.2) is 46.7 Å². The molecule has 1 aromatic carbocycles. The van der Waals surface area contributed by atoms with Gasteiger partial charge in [-0.2, -0.15) is 0 Å². The lowest BCUT2D eigenvalue weighted by molar-refractivity contribution is 0.173. The molecule has 1 unspecified atom stereocenters. The van der Waals surface area contributed by atoms with Crippen LogP contribution in [0.25, 0.3) is 0 Å². The van der Waals surface area contributed by atoms with Crippen molar-refractivity contribution in [2.45, 2.75) is 30.9 Å². The normalized spacial score (nSPS) is 13.3. The number of sulfonamides is 1. The molecule has 0 spiro atoms. The molecular weight excluding hydrogens is 294 g/mol. The summed E-state index contributed by atoms with van der Waals surface area (Å²) in [6, 6.07) is 10.2. The van der Waals surface area contributed by atoms with Crippen molar-refractivity contribution < 1.29 is 13.5 Å². The van der Waals surface area contributed by atoms with Crippen LogP contribution in [0, 0.1) is 0 Å². The fraction of sp³-hybridized carbons (Fsp3) is 0.286. The number of hydrogen-bond acceptors (Lipinski definition) is 4. The van der Waals surface area contributed by atoms with E-state index >= 15 is 0 Å². The van der Waals surface area contributed by atoms with Crippen LogP contribution in [0.2, 0.25) is 0 Å². The van der Waals surface area contributed by atoms with E-state index < -0.39 is 16.1 Å². The predicted octanol–water partition coefficient (Wildman–Crippen LogP) is 2.67. The van der Waals surface area contributed by atoms with Crippen molar-refractivity contribution in [1.82, 2.24) is 4.72 Å². The summed E-state index contributed by atoms with van der Waals surface area (Å²) in [5.74, 6) is 0. The van der Waals surface area contributed by atoms with Crippen molar-refractivity contribution in [2.75, 3.05) is 0 Å². The second-order valence-electron chi connectivity index (χ2n) is 4.40. The summed E-state index contributed by atoms with van der Waals surface area (Å²) < 4.78 is 27.0. The molecule has 4 nitrogen and oxygen atoms in total. The third-order valence-corrected chi connectivity index (χ3v) is 5.23. The molecule has 0 aliphatic heterocycles. The van der Waals surface area contributed by atoms with Crippen LogP contribution >= 0.6 is 11.3 Å². The Kier molecular flexibility index (Phi) is 4.93. The molecule has 2 N–H and O–H groups in total. The summed E-state index contributed by atoms with van der Waals surface area (Å²) in [6.07, 6.45) is -0.0889. The monoisotopic (exact) mass is 311 g/mol. The molecule has 20 heavy (non-hydrogen) atoms. The Bertz CT molecular complexity index is 651. The first-order chi connectivity index (χ1) is 9.53. The zero-order valence-corrected chi connectivity index (χ0v) is 12.7. The number of thiophene rings is 1. The van der Waals surface area contributed by atoms with Gasteiger partial charge in [-0.1, -0.05) is 25.1 Å². The van der Waals surface area contributed by atoms with Gasteiger partial charge in [0.15, 0.2) is 0 Å². The van der Waals surface area contributed by atoms with E-state index in [4.69, 9.17) is 0 Å². The predicted molar refractivity (Wildman–Crippen MR) is 80.0 cm³/mol. The standard InChI is InChI=1S/C14H17NO3S2/c1-2-14(16)11-5-3-7-13(9-11)20(17,18)15-10-12-6-4-8-19-12/h3-9,14-16H,2,10H2,1H3. The molecule has 1 atom stereocenters. The van der Waals surface area contributed by atoms with Gasteiger partial charge in [-0.3, -0.25) is 0 Å². The maximum atomic E-state index is 12.2. The first kappa shape index (κ1) is 15.2. The van der Waals surface area contributed by atoms with Crippen LogP contribution in [-0.2, 0) is 16.6 Å². The quantitative estimate of drug-likeness (QED) is 0.862. The van der Waals surface area contributed by atoms with E-state index in [0.717, 1.165) is 4.88 Å². The third-order valence-electron chi connectivity index (χ3n) is 2.96. The van der Waals surface area contributed by atoms with E-state index in [2.05, 4.69) is 4.72 Å². The Morgan fingerprint density at radius 2 is 2.10 bits per heavy atom. The Hall–Kier alpha value is -1.21. The fourth-order valence-electron chi connectivity index (χ4n) is 1.79. The summed E-state index contributed by atoms with van der Waals surface area (Å²) in [6.45, 7) is 2.13. The van der Waals surface area contributed by atoms with Crippen molar-refractivity contribution in [3.8, 4) is 0 Å². The van der Waals surface area contributed by atoms with Gasteiger partial charge in [-0.25, -0.2) is 13.1 Å². The minimum absolute atomic E-state index is 0.180. The van der Waals surface area contributed by atoms with Gasteiger partial charge < -0.3 is 5.11 Å². The summed E-state index contributed by atoms with van der Waals surface area (Å²) in [5, 5.41) is 11.7. The third kappa shape index (κ3) is 3.67. The van der Waals surface area contributed by atoms with Gasteiger partial charge in [-0.15, -0.1) is 11.3 Å². The highest BCUT2D eigenvalue weighted by atomic mass is 32.2. The van der Waals surface area contributed by atoms with Gasteiger partial charge in [0.1, 0.15) is 0 Å². The Morgan fingerprint density at radius 1 is 1.30 bits per heavy atom. The largest absolute Gasteiger partial charge is 0.388 e. The van der Waals surface area contributed by atoms with E-state index in [1.165, 1.54) is 23.5 Å². The lowest BCUT2D eigenvalue weighted by Crippen LogP contribution is -2.23. The van der Waals surface area contributed by atoms with E-state index in [0.29, 0.717) is 12.0 Å². The van der Waals surface area contributed by atoms with Crippen LogP contribution < -0.4 is 4.72 Å².